The quantitative estimate of drug-likeness (QED) is 0.741. The first-order valence-corrected chi connectivity index (χ1v) is 6.52. The van der Waals surface area contributed by atoms with Crippen molar-refractivity contribution < 1.29 is 9.59 Å². The number of hydrogen-bond donors (Lipinski definition) is 1. The minimum Gasteiger partial charge on any atom is -0.321 e. The van der Waals surface area contributed by atoms with Crippen LogP contribution in [0.5, 0.6) is 0 Å². The molecule has 1 aliphatic heterocycles. The third kappa shape index (κ3) is 1.40. The minimum absolute atomic E-state index is 0.0255. The molecule has 0 spiro atoms. The number of rotatable bonds is 0. The summed E-state index contributed by atoms with van der Waals surface area (Å²) in [4.78, 5) is 24.7. The summed E-state index contributed by atoms with van der Waals surface area (Å²) < 4.78 is 0. The predicted molar refractivity (Wildman–Crippen MR) is 76.5 cm³/mol. The van der Waals surface area contributed by atoms with E-state index in [2.05, 4.69) is 5.32 Å². The maximum atomic E-state index is 12.5. The average Bonchev–Trinajstić information content (AvgIpc) is 2.96. The third-order valence-electron chi connectivity index (χ3n) is 3.88. The van der Waals surface area contributed by atoms with Crippen LogP contribution in [0.2, 0.25) is 0 Å². The van der Waals surface area contributed by atoms with Crippen molar-refractivity contribution in [3.63, 3.8) is 0 Å². The minimum atomic E-state index is -0.178. The van der Waals surface area contributed by atoms with Crippen molar-refractivity contribution in [2.45, 2.75) is 6.42 Å². The Morgan fingerprint density at radius 3 is 2.35 bits per heavy atom. The Morgan fingerprint density at radius 1 is 0.850 bits per heavy atom. The molecule has 0 unspecified atom stereocenters. The summed E-state index contributed by atoms with van der Waals surface area (Å²) in [6.07, 6.45) is 0.534. The topological polar surface area (TPSA) is 46.2 Å². The molecule has 0 aromatic heterocycles. The second-order valence-electron chi connectivity index (χ2n) is 5.02. The molecule has 3 nitrogen and oxygen atoms in total. The van der Waals surface area contributed by atoms with Crippen molar-refractivity contribution in [3.05, 3.63) is 70.8 Å². The SMILES string of the molecule is O=C1Nc2ccccc2/C1=C1/Cc2ccccc2C1=O. The molecule has 1 aliphatic carbocycles. The maximum Gasteiger partial charge on any atom is 0.256 e. The van der Waals surface area contributed by atoms with Gasteiger partial charge in [-0.3, -0.25) is 9.59 Å². The summed E-state index contributed by atoms with van der Waals surface area (Å²) >= 11 is 0. The van der Waals surface area contributed by atoms with Crippen molar-refractivity contribution >= 4 is 23.0 Å². The van der Waals surface area contributed by atoms with E-state index in [0.29, 0.717) is 23.1 Å². The lowest BCUT2D eigenvalue weighted by Crippen LogP contribution is -2.09. The zero-order valence-electron chi connectivity index (χ0n) is 10.6. The second-order valence-corrected chi connectivity index (χ2v) is 5.02. The first-order chi connectivity index (χ1) is 9.75. The summed E-state index contributed by atoms with van der Waals surface area (Å²) in [5, 5.41) is 2.82. The van der Waals surface area contributed by atoms with Gasteiger partial charge in [0.25, 0.3) is 5.91 Å². The number of para-hydroxylation sites is 1. The van der Waals surface area contributed by atoms with E-state index in [-0.39, 0.29) is 11.7 Å². The van der Waals surface area contributed by atoms with Crippen molar-refractivity contribution in [2.24, 2.45) is 0 Å². The Hall–Kier alpha value is -2.68. The molecule has 0 atom stereocenters. The molecule has 2 aromatic carbocycles. The van der Waals surface area contributed by atoms with E-state index >= 15 is 0 Å². The summed E-state index contributed by atoms with van der Waals surface area (Å²) in [6, 6.07) is 15.0. The van der Waals surface area contributed by atoms with Crippen LogP contribution in [0, 0.1) is 0 Å². The van der Waals surface area contributed by atoms with E-state index in [4.69, 9.17) is 0 Å². The fourth-order valence-electron chi connectivity index (χ4n) is 2.95. The number of carbonyl (C=O) groups is 2. The number of amides is 1. The second kappa shape index (κ2) is 3.90. The molecule has 1 N–H and O–H groups in total. The number of Topliss-reactive ketones (excluding diaryl/α,β-unsaturated/α-hetero) is 1. The van der Waals surface area contributed by atoms with Crippen LogP contribution in [-0.2, 0) is 11.2 Å². The van der Waals surface area contributed by atoms with E-state index in [9.17, 15) is 9.59 Å². The van der Waals surface area contributed by atoms with Gasteiger partial charge in [0.15, 0.2) is 5.78 Å². The molecular weight excluding hydrogens is 250 g/mol. The van der Waals surface area contributed by atoms with Crippen LogP contribution in [0.25, 0.3) is 5.57 Å². The lowest BCUT2D eigenvalue weighted by atomic mass is 9.98. The molecule has 1 amide bonds. The molecule has 0 radical (unpaired) electrons. The van der Waals surface area contributed by atoms with Crippen LogP contribution >= 0.6 is 0 Å². The summed E-state index contributed by atoms with van der Waals surface area (Å²) in [7, 11) is 0. The molecule has 0 saturated heterocycles. The zero-order chi connectivity index (χ0) is 13.7. The maximum absolute atomic E-state index is 12.5. The van der Waals surface area contributed by atoms with Crippen LogP contribution < -0.4 is 5.32 Å². The Balaban J connectivity index is 1.94. The number of fused-ring (bicyclic) bond motifs is 2. The summed E-state index contributed by atoms with van der Waals surface area (Å²) in [5.74, 6) is -0.204. The van der Waals surface area contributed by atoms with E-state index in [0.717, 1.165) is 16.8 Å². The van der Waals surface area contributed by atoms with Crippen LogP contribution in [0.1, 0.15) is 21.5 Å². The van der Waals surface area contributed by atoms with Crippen molar-refractivity contribution in [1.82, 2.24) is 0 Å². The number of nitrogens with one attached hydrogen (secondary N) is 1. The van der Waals surface area contributed by atoms with Gasteiger partial charge in [0.2, 0.25) is 0 Å². The highest BCUT2D eigenvalue weighted by molar-refractivity contribution is 6.37. The van der Waals surface area contributed by atoms with Gasteiger partial charge < -0.3 is 5.32 Å². The molecule has 1 heterocycles. The van der Waals surface area contributed by atoms with Gasteiger partial charge in [-0.15, -0.1) is 0 Å². The van der Waals surface area contributed by atoms with Gasteiger partial charge >= 0.3 is 0 Å². The smallest absolute Gasteiger partial charge is 0.256 e. The molecule has 2 aliphatic rings. The van der Waals surface area contributed by atoms with Gasteiger partial charge in [0, 0.05) is 28.8 Å². The number of benzene rings is 2. The van der Waals surface area contributed by atoms with E-state index in [1.807, 2.05) is 48.5 Å². The first-order valence-electron chi connectivity index (χ1n) is 6.52. The molecule has 2 aromatic rings. The molecule has 0 saturated carbocycles. The van der Waals surface area contributed by atoms with E-state index in [1.54, 1.807) is 0 Å². The fraction of sp³-hybridized carbons (Fsp3) is 0.0588. The molecule has 0 bridgehead atoms. The standard InChI is InChI=1S/C17H11NO2/c19-16-11-6-2-1-5-10(11)9-13(16)15-12-7-3-4-8-14(12)18-17(15)20/h1-8H,9H2,(H,18,20)/b15-13+. The number of anilines is 1. The molecule has 3 heteroatoms. The lowest BCUT2D eigenvalue weighted by Gasteiger charge is -2.01. The van der Waals surface area contributed by atoms with E-state index in [1.165, 1.54) is 0 Å². The summed E-state index contributed by atoms with van der Waals surface area (Å²) in [6.45, 7) is 0. The van der Waals surface area contributed by atoms with Crippen LogP contribution in [0.3, 0.4) is 0 Å². The van der Waals surface area contributed by atoms with Crippen molar-refractivity contribution in [2.75, 3.05) is 5.32 Å². The fourth-order valence-corrected chi connectivity index (χ4v) is 2.95. The highest BCUT2D eigenvalue weighted by atomic mass is 16.2. The molecular formula is C17H11NO2. The average molecular weight is 261 g/mol. The molecule has 0 fully saturated rings. The first kappa shape index (κ1) is 11.2. The van der Waals surface area contributed by atoms with Crippen molar-refractivity contribution in [1.29, 1.82) is 0 Å². The Kier molecular flexibility index (Phi) is 2.18. The van der Waals surface area contributed by atoms with Crippen LogP contribution in [-0.4, -0.2) is 11.7 Å². The number of carbonyl (C=O) groups excluding carboxylic acids is 2. The molecule has 96 valence electrons. The highest BCUT2D eigenvalue weighted by Gasteiger charge is 2.34. The monoisotopic (exact) mass is 261 g/mol. The number of ketones is 1. The van der Waals surface area contributed by atoms with Gasteiger partial charge in [-0.25, -0.2) is 0 Å². The lowest BCUT2D eigenvalue weighted by molar-refractivity contribution is -0.110. The van der Waals surface area contributed by atoms with Gasteiger partial charge in [-0.2, -0.15) is 0 Å². The number of hydrogen-bond acceptors (Lipinski definition) is 2. The molecule has 4 rings (SSSR count). The zero-order valence-corrected chi connectivity index (χ0v) is 10.6. The Morgan fingerprint density at radius 2 is 1.55 bits per heavy atom. The predicted octanol–water partition coefficient (Wildman–Crippen LogP) is 2.83. The van der Waals surface area contributed by atoms with Gasteiger partial charge in [-0.05, 0) is 11.6 Å². The summed E-state index contributed by atoms with van der Waals surface area (Å²) in [5.41, 5.74) is 4.46. The van der Waals surface area contributed by atoms with Gasteiger partial charge in [0.05, 0.1) is 5.57 Å². The Bertz CT molecular complexity index is 802. The normalized spacial score (nSPS) is 19.8. The number of allylic oxidation sites excluding steroid dienone is 1. The van der Waals surface area contributed by atoms with Crippen LogP contribution in [0.15, 0.2) is 54.1 Å². The van der Waals surface area contributed by atoms with Crippen molar-refractivity contribution in [3.8, 4) is 0 Å². The van der Waals surface area contributed by atoms with E-state index < -0.39 is 0 Å². The van der Waals surface area contributed by atoms with Gasteiger partial charge in [-0.1, -0.05) is 42.5 Å². The molecule has 20 heavy (non-hydrogen) atoms. The third-order valence-corrected chi connectivity index (χ3v) is 3.88. The van der Waals surface area contributed by atoms with Crippen LogP contribution in [0.4, 0.5) is 5.69 Å². The largest absolute Gasteiger partial charge is 0.321 e. The Labute approximate surface area is 115 Å². The highest BCUT2D eigenvalue weighted by Crippen LogP contribution is 2.38. The van der Waals surface area contributed by atoms with Gasteiger partial charge in [0.1, 0.15) is 0 Å².